The van der Waals surface area contributed by atoms with Gasteiger partial charge in [-0.1, -0.05) is 42.5 Å². The zero-order valence-electron chi connectivity index (χ0n) is 7.85. The quantitative estimate of drug-likeness (QED) is 0.750. The molecule has 0 bridgehead atoms. The summed E-state index contributed by atoms with van der Waals surface area (Å²) in [5, 5.41) is 0. The molecule has 0 spiro atoms. The molecule has 1 amide bonds. The summed E-state index contributed by atoms with van der Waals surface area (Å²) in [4.78, 5) is 10.4. The minimum absolute atomic E-state index is 0.261. The molecule has 3 heteroatoms. The molecule has 0 heterocycles. The van der Waals surface area contributed by atoms with E-state index < -0.39 is 0 Å². The second-order valence-electron chi connectivity index (χ2n) is 2.79. The van der Waals surface area contributed by atoms with Crippen molar-refractivity contribution in [1.29, 1.82) is 0 Å². The third kappa shape index (κ3) is 4.72. The van der Waals surface area contributed by atoms with E-state index in [-0.39, 0.29) is 5.91 Å². The third-order valence-electron chi connectivity index (χ3n) is 1.57. The monoisotopic (exact) mass is 207 g/mol. The fourth-order valence-corrected chi connectivity index (χ4v) is 1.53. The number of rotatable bonds is 5. The summed E-state index contributed by atoms with van der Waals surface area (Å²) in [7, 11) is 0. The summed E-state index contributed by atoms with van der Waals surface area (Å²) >= 11 is 1.52. The molecule has 2 N–H and O–H groups in total. The maximum absolute atomic E-state index is 10.4. The highest BCUT2D eigenvalue weighted by Crippen LogP contribution is 2.04. The van der Waals surface area contributed by atoms with Crippen molar-refractivity contribution in [2.75, 3.05) is 11.5 Å². The molecule has 1 aromatic carbocycles. The first kappa shape index (κ1) is 10.9. The minimum atomic E-state index is -0.261. The Morgan fingerprint density at radius 3 is 2.71 bits per heavy atom. The molecule has 0 atom stereocenters. The van der Waals surface area contributed by atoms with E-state index in [0.717, 1.165) is 5.75 Å². The lowest BCUT2D eigenvalue weighted by molar-refractivity contribution is -0.115. The number of primary amides is 1. The number of benzene rings is 1. The van der Waals surface area contributed by atoms with E-state index in [1.54, 1.807) is 0 Å². The van der Waals surface area contributed by atoms with Gasteiger partial charge in [0, 0.05) is 5.75 Å². The lowest BCUT2D eigenvalue weighted by atomic mass is 10.2. The second kappa shape index (κ2) is 6.27. The number of hydrogen-bond donors (Lipinski definition) is 1. The molecule has 1 aromatic rings. The molecule has 0 aliphatic carbocycles. The topological polar surface area (TPSA) is 43.1 Å². The van der Waals surface area contributed by atoms with Crippen molar-refractivity contribution >= 4 is 23.7 Å². The van der Waals surface area contributed by atoms with Gasteiger partial charge in [0.05, 0.1) is 5.75 Å². The predicted molar refractivity (Wildman–Crippen MR) is 62.0 cm³/mol. The summed E-state index contributed by atoms with van der Waals surface area (Å²) in [6, 6.07) is 10.1. The van der Waals surface area contributed by atoms with Crippen molar-refractivity contribution < 1.29 is 4.79 Å². The minimum Gasteiger partial charge on any atom is -0.369 e. The molecule has 0 saturated carbocycles. The van der Waals surface area contributed by atoms with Crippen LogP contribution in [0.3, 0.4) is 0 Å². The fraction of sp³-hybridized carbons (Fsp3) is 0.182. The van der Waals surface area contributed by atoms with Gasteiger partial charge in [-0.3, -0.25) is 4.79 Å². The molecular weight excluding hydrogens is 194 g/mol. The lowest BCUT2D eigenvalue weighted by Crippen LogP contribution is -2.13. The van der Waals surface area contributed by atoms with Crippen LogP contribution in [-0.2, 0) is 4.79 Å². The highest BCUT2D eigenvalue weighted by atomic mass is 32.2. The Labute approximate surface area is 88.2 Å². The van der Waals surface area contributed by atoms with E-state index in [1.807, 2.05) is 42.5 Å². The third-order valence-corrected chi connectivity index (χ3v) is 2.49. The van der Waals surface area contributed by atoms with Crippen molar-refractivity contribution in [3.8, 4) is 0 Å². The van der Waals surface area contributed by atoms with Crippen LogP contribution in [0.1, 0.15) is 5.56 Å². The Hall–Kier alpha value is -1.22. The highest BCUT2D eigenvalue weighted by molar-refractivity contribution is 8.00. The van der Waals surface area contributed by atoms with E-state index in [9.17, 15) is 4.79 Å². The number of thioether (sulfide) groups is 1. The van der Waals surface area contributed by atoms with Crippen molar-refractivity contribution in [3.05, 3.63) is 42.0 Å². The van der Waals surface area contributed by atoms with Gasteiger partial charge < -0.3 is 5.73 Å². The average molecular weight is 207 g/mol. The van der Waals surface area contributed by atoms with Crippen LogP contribution in [0.4, 0.5) is 0 Å². The van der Waals surface area contributed by atoms with Gasteiger partial charge in [-0.25, -0.2) is 0 Å². The molecule has 74 valence electrons. The number of carbonyl (C=O) groups excluding carboxylic acids is 1. The van der Waals surface area contributed by atoms with Crippen LogP contribution < -0.4 is 5.73 Å². The molecular formula is C11H13NOS. The van der Waals surface area contributed by atoms with Crippen LogP contribution in [0.25, 0.3) is 6.08 Å². The van der Waals surface area contributed by atoms with Crippen LogP contribution in [-0.4, -0.2) is 17.4 Å². The van der Waals surface area contributed by atoms with Crippen LogP contribution in [0.15, 0.2) is 36.4 Å². The maximum atomic E-state index is 10.4. The number of hydrogen-bond acceptors (Lipinski definition) is 2. The summed E-state index contributed by atoms with van der Waals surface area (Å²) in [6.45, 7) is 0. The largest absolute Gasteiger partial charge is 0.369 e. The van der Waals surface area contributed by atoms with E-state index >= 15 is 0 Å². The smallest absolute Gasteiger partial charge is 0.227 e. The zero-order chi connectivity index (χ0) is 10.2. The summed E-state index contributed by atoms with van der Waals surface area (Å²) in [5.41, 5.74) is 6.18. The predicted octanol–water partition coefficient (Wildman–Crippen LogP) is 1.92. The van der Waals surface area contributed by atoms with Crippen molar-refractivity contribution in [3.63, 3.8) is 0 Å². The first-order valence-corrected chi connectivity index (χ1v) is 5.52. The van der Waals surface area contributed by atoms with Crippen LogP contribution in [0, 0.1) is 0 Å². The van der Waals surface area contributed by atoms with Gasteiger partial charge in [0.15, 0.2) is 0 Å². The lowest BCUT2D eigenvalue weighted by Gasteiger charge is -1.93. The molecule has 0 aromatic heterocycles. The van der Waals surface area contributed by atoms with Crippen molar-refractivity contribution in [2.45, 2.75) is 0 Å². The first-order chi connectivity index (χ1) is 6.79. The van der Waals surface area contributed by atoms with Crippen LogP contribution in [0.5, 0.6) is 0 Å². The molecule has 14 heavy (non-hydrogen) atoms. The van der Waals surface area contributed by atoms with Crippen LogP contribution in [0.2, 0.25) is 0 Å². The molecule has 0 aliphatic heterocycles. The number of carbonyl (C=O) groups is 1. The van der Waals surface area contributed by atoms with E-state index in [2.05, 4.69) is 0 Å². The molecule has 2 nitrogen and oxygen atoms in total. The molecule has 0 fully saturated rings. The Kier molecular flexibility index (Phi) is 4.86. The number of nitrogens with two attached hydrogens (primary N) is 1. The van der Waals surface area contributed by atoms with Gasteiger partial charge in [0.25, 0.3) is 0 Å². The Morgan fingerprint density at radius 1 is 1.36 bits per heavy atom. The van der Waals surface area contributed by atoms with Crippen molar-refractivity contribution in [2.24, 2.45) is 5.73 Å². The van der Waals surface area contributed by atoms with Gasteiger partial charge >= 0.3 is 0 Å². The summed E-state index contributed by atoms with van der Waals surface area (Å²) in [6.07, 6.45) is 4.07. The van der Waals surface area contributed by atoms with Crippen LogP contribution >= 0.6 is 11.8 Å². The van der Waals surface area contributed by atoms with Gasteiger partial charge in [-0.05, 0) is 5.56 Å². The van der Waals surface area contributed by atoms with Gasteiger partial charge in [0.1, 0.15) is 0 Å². The first-order valence-electron chi connectivity index (χ1n) is 4.36. The van der Waals surface area contributed by atoms with Gasteiger partial charge in [0.2, 0.25) is 5.91 Å². The highest BCUT2D eigenvalue weighted by Gasteiger charge is 1.91. The Morgan fingerprint density at radius 2 is 2.07 bits per heavy atom. The van der Waals surface area contributed by atoms with E-state index in [4.69, 9.17) is 5.73 Å². The summed E-state index contributed by atoms with van der Waals surface area (Å²) < 4.78 is 0. The molecule has 0 aliphatic rings. The average Bonchev–Trinajstić information content (AvgIpc) is 2.18. The van der Waals surface area contributed by atoms with Crippen molar-refractivity contribution in [1.82, 2.24) is 0 Å². The van der Waals surface area contributed by atoms with E-state index in [1.165, 1.54) is 17.3 Å². The zero-order valence-corrected chi connectivity index (χ0v) is 8.67. The fourth-order valence-electron chi connectivity index (χ4n) is 0.976. The summed E-state index contributed by atoms with van der Waals surface area (Å²) in [5.74, 6) is 0.944. The molecule has 1 rings (SSSR count). The molecule has 0 radical (unpaired) electrons. The normalized spacial score (nSPS) is 10.6. The second-order valence-corrected chi connectivity index (χ2v) is 3.82. The maximum Gasteiger partial charge on any atom is 0.227 e. The van der Waals surface area contributed by atoms with E-state index in [0.29, 0.717) is 5.75 Å². The Bertz CT molecular complexity index is 308. The van der Waals surface area contributed by atoms with Gasteiger partial charge in [-0.2, -0.15) is 0 Å². The van der Waals surface area contributed by atoms with Gasteiger partial charge in [-0.15, -0.1) is 11.8 Å². The Balaban J connectivity index is 2.25. The molecule has 0 saturated heterocycles. The number of amides is 1. The standard InChI is InChI=1S/C11H13NOS/c12-11(13)9-14-8-4-7-10-5-2-1-3-6-10/h1-7H,8-9H2,(H2,12,13)/b7-4+. The molecule has 0 unspecified atom stereocenters. The SMILES string of the molecule is NC(=O)CSC/C=C/c1ccccc1.